The molecule has 3 aliphatic carbocycles. The van der Waals surface area contributed by atoms with Gasteiger partial charge in [0, 0.05) is 0 Å². The normalized spacial score (nSPS) is 39.4. The van der Waals surface area contributed by atoms with E-state index in [1.807, 2.05) is 0 Å². The fourth-order valence-corrected chi connectivity index (χ4v) is 6.49. The van der Waals surface area contributed by atoms with E-state index in [4.69, 9.17) is 4.11 Å². The van der Waals surface area contributed by atoms with Gasteiger partial charge in [0.1, 0.15) is 0 Å². The molecule has 0 heterocycles. The molecule has 0 aromatic carbocycles. The van der Waals surface area contributed by atoms with E-state index in [0.29, 0.717) is 42.2 Å². The molecule has 0 aromatic heterocycles. The van der Waals surface area contributed by atoms with Crippen molar-refractivity contribution < 1.29 is 9.22 Å². The van der Waals surface area contributed by atoms with E-state index in [0.717, 1.165) is 29.7 Å². The zero-order chi connectivity index (χ0) is 22.8. The molecule has 3 fully saturated rings. The van der Waals surface area contributed by atoms with Gasteiger partial charge in [-0.05, 0) is 86.0 Å². The molecule has 1 N–H and O–H groups in total. The van der Waals surface area contributed by atoms with Gasteiger partial charge in [-0.3, -0.25) is 0 Å². The third-order valence-corrected chi connectivity index (χ3v) is 8.13. The summed E-state index contributed by atoms with van der Waals surface area (Å²) in [7, 11) is 0. The Kier molecular flexibility index (Phi) is 5.99. The summed E-state index contributed by atoms with van der Waals surface area (Å²) in [4.78, 5) is 0. The van der Waals surface area contributed by atoms with Crippen molar-refractivity contribution in [2.24, 2.45) is 29.1 Å². The zero-order valence-electron chi connectivity index (χ0n) is 21.7. The van der Waals surface area contributed by atoms with Gasteiger partial charge in [0.15, 0.2) is 0 Å². The smallest absolute Gasteiger partial charge is 0.0626 e. The van der Waals surface area contributed by atoms with Crippen molar-refractivity contribution in [3.8, 4) is 0 Å². The Labute approximate surface area is 178 Å². The summed E-state index contributed by atoms with van der Waals surface area (Å²) >= 11 is 0. The van der Waals surface area contributed by atoms with E-state index in [2.05, 4.69) is 33.8 Å². The maximum absolute atomic E-state index is 10.1. The van der Waals surface area contributed by atoms with Gasteiger partial charge in [-0.25, -0.2) is 0 Å². The Bertz CT molecular complexity index is 731. The van der Waals surface area contributed by atoms with Crippen LogP contribution in [0.3, 0.4) is 0 Å². The first-order valence-electron chi connectivity index (χ1n) is 13.4. The van der Waals surface area contributed by atoms with Crippen LogP contribution in [0, 0.1) is 29.1 Å². The highest BCUT2D eigenvalue weighted by atomic mass is 16.3. The minimum Gasteiger partial charge on any atom is -0.393 e. The maximum atomic E-state index is 10.1. The molecule has 158 valence electrons. The molecule has 1 heteroatoms. The molecule has 3 saturated carbocycles. The molecule has 0 amide bonds. The lowest BCUT2D eigenvalue weighted by atomic mass is 9.60. The van der Waals surface area contributed by atoms with E-state index in [-0.39, 0.29) is 6.53 Å². The number of fused-ring (bicyclic) bond motifs is 1. The molecular weight excluding hydrogens is 340 g/mol. The highest BCUT2D eigenvalue weighted by Gasteiger charge is 2.50. The van der Waals surface area contributed by atoms with Crippen LogP contribution >= 0.6 is 0 Å². The zero-order valence-corrected chi connectivity index (χ0v) is 18.7. The second-order valence-electron chi connectivity index (χ2n) is 10.6. The summed E-state index contributed by atoms with van der Waals surface area (Å²) < 4.78 is 24.4. The quantitative estimate of drug-likeness (QED) is 0.497. The van der Waals surface area contributed by atoms with E-state index in [1.54, 1.807) is 0 Å². The van der Waals surface area contributed by atoms with E-state index in [9.17, 15) is 5.11 Å². The largest absolute Gasteiger partial charge is 0.393 e. The molecule has 3 rings (SSSR count). The summed E-state index contributed by atoms with van der Waals surface area (Å²) in [6, 6.07) is 0.443. The van der Waals surface area contributed by atoms with Crippen molar-refractivity contribution in [1.29, 1.82) is 0 Å². The van der Waals surface area contributed by atoms with Crippen LogP contribution < -0.4 is 0 Å². The van der Waals surface area contributed by atoms with Crippen LogP contribution in [0.15, 0.2) is 35.4 Å². The molecule has 28 heavy (non-hydrogen) atoms. The van der Waals surface area contributed by atoms with Crippen molar-refractivity contribution >= 4 is 0 Å². The van der Waals surface area contributed by atoms with Gasteiger partial charge in [0.05, 0.1) is 10.2 Å². The van der Waals surface area contributed by atoms with Crippen molar-refractivity contribution in [3.63, 3.8) is 0 Å². The second-order valence-corrected chi connectivity index (χ2v) is 10.6. The molecule has 3 aliphatic rings. The summed E-state index contributed by atoms with van der Waals surface area (Å²) in [6.45, 7) is 9.44. The molecule has 0 bridgehead atoms. The first kappa shape index (κ1) is 18.0. The predicted octanol–water partition coefficient (Wildman–Crippen LogP) is 7.62. The lowest BCUT2D eigenvalue weighted by Gasteiger charge is -2.44. The van der Waals surface area contributed by atoms with Crippen LogP contribution in [-0.4, -0.2) is 11.2 Å². The SMILES string of the molecule is [2H]C([2H])=C1CC[C@H](O)C/C1=C([2H])/C=C1\CCC[C@@]2(C)C1CCC2[C@H](C)CCCC(C)C. The van der Waals surface area contributed by atoms with Crippen molar-refractivity contribution in [3.05, 3.63) is 35.4 Å². The van der Waals surface area contributed by atoms with Crippen LogP contribution in [0.5, 0.6) is 0 Å². The molecule has 0 aliphatic heterocycles. The Morgan fingerprint density at radius 2 is 2.07 bits per heavy atom. The standard InChI is InChI=1S/C27H44O/c1-19(2)8-6-9-21(4)25-15-16-26-22(10-7-17-27(25,26)5)12-13-23-18-24(28)14-11-20(23)3/h12-13,19,21,24-26,28H,3,6-11,14-18H2,1-2,4-5H3/b22-12+,23-13-/t21-,24+,25?,26?,27-/m1/s1/i3D2,13D. The van der Waals surface area contributed by atoms with Gasteiger partial charge >= 0.3 is 0 Å². The molecule has 1 nitrogen and oxygen atoms in total. The van der Waals surface area contributed by atoms with Crippen molar-refractivity contribution in [2.45, 2.75) is 104 Å². The first-order chi connectivity index (χ1) is 14.6. The van der Waals surface area contributed by atoms with Crippen LogP contribution in [0.2, 0.25) is 0 Å². The van der Waals surface area contributed by atoms with Gasteiger partial charge in [-0.2, -0.15) is 0 Å². The Morgan fingerprint density at radius 3 is 2.82 bits per heavy atom. The first-order valence-corrected chi connectivity index (χ1v) is 11.9. The summed E-state index contributed by atoms with van der Waals surface area (Å²) in [5, 5.41) is 10.1. The molecule has 0 radical (unpaired) electrons. The number of hydrogen-bond acceptors (Lipinski definition) is 1. The monoisotopic (exact) mass is 387 g/mol. The number of aliphatic hydroxyl groups excluding tert-OH is 1. The Morgan fingerprint density at radius 1 is 1.25 bits per heavy atom. The summed E-state index contributed by atoms with van der Waals surface area (Å²) in [5.74, 6) is 2.89. The lowest BCUT2D eigenvalue weighted by molar-refractivity contribution is 0.0929. The number of rotatable bonds is 6. The maximum Gasteiger partial charge on any atom is 0.0626 e. The lowest BCUT2D eigenvalue weighted by Crippen LogP contribution is -2.36. The van der Waals surface area contributed by atoms with Crippen LogP contribution in [-0.2, 0) is 0 Å². The molecule has 0 aromatic rings. The van der Waals surface area contributed by atoms with Crippen molar-refractivity contribution in [1.82, 2.24) is 0 Å². The summed E-state index contributed by atoms with van der Waals surface area (Å²) in [6.07, 6.45) is 13.3. The fraction of sp³-hybridized carbons (Fsp3) is 0.778. The van der Waals surface area contributed by atoms with E-state index >= 15 is 0 Å². The molecule has 2 unspecified atom stereocenters. The molecule has 0 saturated heterocycles. The van der Waals surface area contributed by atoms with Crippen LogP contribution in [0.1, 0.15) is 102 Å². The highest BCUT2D eigenvalue weighted by Crippen LogP contribution is 2.59. The Balaban J connectivity index is 1.81. The topological polar surface area (TPSA) is 20.2 Å². The Hall–Kier alpha value is -0.820. The van der Waals surface area contributed by atoms with E-state index < -0.39 is 6.10 Å². The molecule has 0 spiro atoms. The average molecular weight is 388 g/mol. The van der Waals surface area contributed by atoms with Gasteiger partial charge in [-0.1, -0.05) is 76.8 Å². The fourth-order valence-electron chi connectivity index (χ4n) is 6.49. The second kappa shape index (κ2) is 9.33. The number of allylic oxidation sites excluding steroid dienone is 4. The van der Waals surface area contributed by atoms with Crippen molar-refractivity contribution in [2.75, 3.05) is 0 Å². The highest BCUT2D eigenvalue weighted by molar-refractivity contribution is 5.36. The molecule has 5 atom stereocenters. The third-order valence-electron chi connectivity index (χ3n) is 8.13. The van der Waals surface area contributed by atoms with Crippen LogP contribution in [0.25, 0.3) is 0 Å². The number of aliphatic hydroxyl groups is 1. The molecular formula is C27H44O. The minimum atomic E-state index is -0.448. The van der Waals surface area contributed by atoms with Crippen LogP contribution in [0.4, 0.5) is 0 Å². The van der Waals surface area contributed by atoms with E-state index in [1.165, 1.54) is 50.5 Å². The van der Waals surface area contributed by atoms with Gasteiger partial charge in [0.25, 0.3) is 0 Å². The number of hydrogen-bond donors (Lipinski definition) is 1. The average Bonchev–Trinajstić information content (AvgIpc) is 3.05. The predicted molar refractivity (Wildman–Crippen MR) is 121 cm³/mol. The minimum absolute atomic E-state index is 0.185. The van der Waals surface area contributed by atoms with Gasteiger partial charge in [-0.15, -0.1) is 0 Å². The van der Waals surface area contributed by atoms with Gasteiger partial charge < -0.3 is 5.11 Å². The summed E-state index contributed by atoms with van der Waals surface area (Å²) in [5.41, 5.74) is 3.15. The van der Waals surface area contributed by atoms with Gasteiger partial charge in [0.2, 0.25) is 0 Å². The third kappa shape index (κ3) is 4.84.